The molecule has 0 atom stereocenters. The lowest BCUT2D eigenvalue weighted by Crippen LogP contribution is -2.28. The second-order valence-electron chi connectivity index (χ2n) is 6.50. The van der Waals surface area contributed by atoms with Gasteiger partial charge in [0.15, 0.2) is 0 Å². The molecule has 0 fully saturated rings. The van der Waals surface area contributed by atoms with Crippen molar-refractivity contribution in [3.05, 3.63) is 75.9 Å². The molecule has 0 aliphatic carbocycles. The van der Waals surface area contributed by atoms with E-state index in [2.05, 4.69) is 15.3 Å². The van der Waals surface area contributed by atoms with Crippen LogP contribution in [0.25, 0.3) is 0 Å². The van der Waals surface area contributed by atoms with Gasteiger partial charge in [0.1, 0.15) is 11.4 Å². The maximum absolute atomic E-state index is 13.7. The van der Waals surface area contributed by atoms with Crippen molar-refractivity contribution >= 4 is 40.7 Å². The van der Waals surface area contributed by atoms with Crippen LogP contribution in [0.4, 0.5) is 30.6 Å². The Bertz CT molecular complexity index is 1080. The normalized spacial score (nSPS) is 11.1. The Balaban J connectivity index is 2.01. The fraction of sp³-hybridized carbons (Fsp3) is 0.190. The summed E-state index contributed by atoms with van der Waals surface area (Å²) in [5, 5.41) is 12.4. The molecular weight excluding hydrogens is 450 g/mol. The Morgan fingerprint density at radius 3 is 2.45 bits per heavy atom. The van der Waals surface area contributed by atoms with Gasteiger partial charge in [-0.05, 0) is 23.8 Å². The molecule has 0 aliphatic heterocycles. The number of nitrogens with zero attached hydrogens (tertiary/aromatic N) is 4. The van der Waals surface area contributed by atoms with E-state index in [0.29, 0.717) is 10.7 Å². The summed E-state index contributed by atoms with van der Waals surface area (Å²) in [4.78, 5) is 9.37. The molecule has 1 aromatic heterocycles. The first-order chi connectivity index (χ1) is 14.8. The molecule has 5 nitrogen and oxygen atoms in total. The third-order valence-electron chi connectivity index (χ3n) is 4.26. The summed E-state index contributed by atoms with van der Waals surface area (Å²) in [7, 11) is 0. The molecule has 31 heavy (non-hydrogen) atoms. The standard InChI is InChI=1S/C21H16Cl2F3N5/c22-17-8-7-15(11-18(17)23)29-20-28-12-16(21(24,25)26)19(30-20)31(10-4-9-27)13-14-5-2-1-3-6-14/h1-3,5-8,11-12H,4,10,13H2,(H,28,29,30). The lowest BCUT2D eigenvalue weighted by molar-refractivity contribution is -0.137. The van der Waals surface area contributed by atoms with Gasteiger partial charge in [-0.1, -0.05) is 53.5 Å². The number of hydrogen-bond acceptors (Lipinski definition) is 5. The second kappa shape index (κ2) is 9.86. The molecule has 0 amide bonds. The van der Waals surface area contributed by atoms with Crippen LogP contribution in [-0.4, -0.2) is 16.5 Å². The summed E-state index contributed by atoms with van der Waals surface area (Å²) in [5.74, 6) is -0.361. The van der Waals surface area contributed by atoms with Gasteiger partial charge < -0.3 is 10.2 Å². The number of aromatic nitrogens is 2. The first-order valence-corrected chi connectivity index (χ1v) is 9.85. The van der Waals surface area contributed by atoms with Gasteiger partial charge in [-0.25, -0.2) is 4.98 Å². The number of halogens is 5. The molecule has 3 aromatic rings. The van der Waals surface area contributed by atoms with Crippen molar-refractivity contribution in [3.63, 3.8) is 0 Å². The highest BCUT2D eigenvalue weighted by atomic mass is 35.5. The predicted molar refractivity (Wildman–Crippen MR) is 115 cm³/mol. The van der Waals surface area contributed by atoms with E-state index < -0.39 is 11.7 Å². The van der Waals surface area contributed by atoms with Crippen LogP contribution in [0.3, 0.4) is 0 Å². The Kier molecular flexibility index (Phi) is 7.21. The number of anilines is 3. The lowest BCUT2D eigenvalue weighted by Gasteiger charge is -2.26. The Morgan fingerprint density at radius 1 is 1.06 bits per heavy atom. The molecule has 0 saturated heterocycles. The van der Waals surface area contributed by atoms with Crippen LogP contribution in [-0.2, 0) is 12.7 Å². The van der Waals surface area contributed by atoms with Gasteiger partial charge in [-0.3, -0.25) is 0 Å². The summed E-state index contributed by atoms with van der Waals surface area (Å²) < 4.78 is 41.1. The van der Waals surface area contributed by atoms with Crippen LogP contribution < -0.4 is 10.2 Å². The number of nitriles is 1. The minimum absolute atomic E-state index is 0.0314. The molecule has 160 valence electrons. The van der Waals surface area contributed by atoms with Gasteiger partial charge >= 0.3 is 6.18 Å². The molecule has 0 saturated carbocycles. The van der Waals surface area contributed by atoms with Crippen molar-refractivity contribution in [2.45, 2.75) is 19.1 Å². The molecule has 0 spiro atoms. The summed E-state index contributed by atoms with van der Waals surface area (Å²) in [5.41, 5.74) is 0.263. The SMILES string of the molecule is N#CCCN(Cc1ccccc1)c1nc(Nc2ccc(Cl)c(Cl)c2)ncc1C(F)(F)F. The average Bonchev–Trinajstić information content (AvgIpc) is 2.73. The Morgan fingerprint density at radius 2 is 1.81 bits per heavy atom. The molecule has 3 rings (SSSR count). The zero-order valence-electron chi connectivity index (χ0n) is 16.0. The Hall–Kier alpha value is -3.02. The molecular formula is C21H16Cl2F3N5. The Labute approximate surface area is 187 Å². The van der Waals surface area contributed by atoms with E-state index in [0.717, 1.165) is 11.8 Å². The van der Waals surface area contributed by atoms with E-state index in [-0.39, 0.29) is 36.3 Å². The third kappa shape index (κ3) is 6.00. The van der Waals surface area contributed by atoms with Crippen molar-refractivity contribution < 1.29 is 13.2 Å². The van der Waals surface area contributed by atoms with Crippen LogP contribution >= 0.6 is 23.2 Å². The van der Waals surface area contributed by atoms with Crippen molar-refractivity contribution in [3.8, 4) is 6.07 Å². The quantitative estimate of drug-likeness (QED) is 0.433. The number of benzene rings is 2. The highest BCUT2D eigenvalue weighted by Crippen LogP contribution is 2.36. The highest BCUT2D eigenvalue weighted by molar-refractivity contribution is 6.42. The van der Waals surface area contributed by atoms with Crippen molar-refractivity contribution in [2.24, 2.45) is 0 Å². The van der Waals surface area contributed by atoms with Gasteiger partial charge in [0.25, 0.3) is 0 Å². The maximum atomic E-state index is 13.7. The predicted octanol–water partition coefficient (Wildman–Crippen LogP) is 6.47. The van der Waals surface area contributed by atoms with Gasteiger partial charge in [0.2, 0.25) is 5.95 Å². The number of hydrogen-bond donors (Lipinski definition) is 1. The maximum Gasteiger partial charge on any atom is 0.421 e. The molecule has 0 radical (unpaired) electrons. The van der Waals surface area contributed by atoms with E-state index in [1.165, 1.54) is 11.0 Å². The second-order valence-corrected chi connectivity index (χ2v) is 7.31. The molecule has 0 unspecified atom stereocenters. The summed E-state index contributed by atoms with van der Waals surface area (Å²) in [6, 6.07) is 15.6. The first-order valence-electron chi connectivity index (χ1n) is 9.10. The van der Waals surface area contributed by atoms with Crippen molar-refractivity contribution in [1.29, 1.82) is 5.26 Å². The van der Waals surface area contributed by atoms with Crippen LogP contribution in [0.5, 0.6) is 0 Å². The largest absolute Gasteiger partial charge is 0.421 e. The molecule has 0 bridgehead atoms. The molecule has 0 aliphatic rings. The van der Waals surface area contributed by atoms with Gasteiger partial charge in [-0.2, -0.15) is 23.4 Å². The minimum Gasteiger partial charge on any atom is -0.351 e. The molecule has 1 N–H and O–H groups in total. The van der Waals surface area contributed by atoms with E-state index in [4.69, 9.17) is 28.5 Å². The monoisotopic (exact) mass is 465 g/mol. The van der Waals surface area contributed by atoms with Gasteiger partial charge in [-0.15, -0.1) is 0 Å². The van der Waals surface area contributed by atoms with Gasteiger partial charge in [0, 0.05) is 25.0 Å². The van der Waals surface area contributed by atoms with E-state index in [1.807, 2.05) is 12.1 Å². The smallest absolute Gasteiger partial charge is 0.351 e. The molecule has 1 heterocycles. The molecule has 10 heteroatoms. The lowest BCUT2D eigenvalue weighted by atomic mass is 10.2. The number of nitrogens with one attached hydrogen (secondary N) is 1. The van der Waals surface area contributed by atoms with Crippen molar-refractivity contribution in [1.82, 2.24) is 9.97 Å². The fourth-order valence-corrected chi connectivity index (χ4v) is 3.12. The highest BCUT2D eigenvalue weighted by Gasteiger charge is 2.37. The third-order valence-corrected chi connectivity index (χ3v) is 5.00. The van der Waals surface area contributed by atoms with Crippen LogP contribution in [0, 0.1) is 11.3 Å². The molecule has 2 aromatic carbocycles. The van der Waals surface area contributed by atoms with Crippen molar-refractivity contribution in [2.75, 3.05) is 16.8 Å². The zero-order chi connectivity index (χ0) is 22.4. The number of alkyl halides is 3. The summed E-state index contributed by atoms with van der Waals surface area (Å²) in [6.07, 6.45) is -3.91. The average molecular weight is 466 g/mol. The minimum atomic E-state index is -4.67. The van der Waals surface area contributed by atoms with E-state index in [1.54, 1.807) is 36.4 Å². The first kappa shape index (κ1) is 22.7. The van der Waals surface area contributed by atoms with E-state index >= 15 is 0 Å². The fourth-order valence-electron chi connectivity index (χ4n) is 2.83. The van der Waals surface area contributed by atoms with Crippen LogP contribution in [0.2, 0.25) is 10.0 Å². The number of rotatable bonds is 7. The zero-order valence-corrected chi connectivity index (χ0v) is 17.5. The van der Waals surface area contributed by atoms with Gasteiger partial charge in [0.05, 0.1) is 22.5 Å². The van der Waals surface area contributed by atoms with Crippen LogP contribution in [0.1, 0.15) is 17.5 Å². The van der Waals surface area contributed by atoms with Crippen LogP contribution in [0.15, 0.2) is 54.7 Å². The topological polar surface area (TPSA) is 64.8 Å². The summed E-state index contributed by atoms with van der Waals surface area (Å²) in [6.45, 7) is 0.215. The van der Waals surface area contributed by atoms with E-state index in [9.17, 15) is 13.2 Å². The summed E-state index contributed by atoms with van der Waals surface area (Å²) >= 11 is 11.9.